The first-order valence-electron chi connectivity index (χ1n) is 5.54. The lowest BCUT2D eigenvalue weighted by molar-refractivity contribution is -0.138. The molecule has 1 nitrogen and oxygen atoms in total. The molecule has 4 heteroatoms. The number of aliphatic hydroxyl groups is 1. The molecule has 0 amide bonds. The number of hydrogen-bond donors (Lipinski definition) is 1. The number of aryl methyl sites for hydroxylation is 1. The number of aliphatic hydroxyl groups excluding tert-OH is 1. The van der Waals surface area contributed by atoms with Gasteiger partial charge in [0, 0.05) is 5.92 Å². The van der Waals surface area contributed by atoms with Crippen molar-refractivity contribution in [2.75, 3.05) is 6.61 Å². The summed E-state index contributed by atoms with van der Waals surface area (Å²) in [6, 6.07) is 4.25. The second-order valence-electron chi connectivity index (χ2n) is 4.06. The molecule has 95 valence electrons. The summed E-state index contributed by atoms with van der Waals surface area (Å²) in [7, 11) is 0. The monoisotopic (exact) mass is 245 g/mol. The average molecular weight is 245 g/mol. The predicted octanol–water partition coefficient (Wildman–Crippen LogP) is 3.59. The van der Waals surface area contributed by atoms with Crippen LogP contribution in [0.4, 0.5) is 13.2 Å². The van der Waals surface area contributed by atoms with Gasteiger partial charge in [-0.1, -0.05) is 32.4 Å². The highest BCUT2D eigenvalue weighted by Gasteiger charge is 2.33. The number of alkyl halides is 3. The van der Waals surface area contributed by atoms with Crippen molar-refractivity contribution >= 4 is 0 Å². The Morgan fingerprint density at radius 3 is 2.41 bits per heavy atom. The van der Waals surface area contributed by atoms with Gasteiger partial charge in [0.25, 0.3) is 0 Å². The van der Waals surface area contributed by atoms with Gasteiger partial charge in [-0.25, -0.2) is 0 Å². The van der Waals surface area contributed by atoms with E-state index in [1.54, 1.807) is 13.0 Å². The fraction of sp³-hybridized carbons (Fsp3) is 0.462. The van der Waals surface area contributed by atoms with E-state index in [0.717, 1.165) is 6.07 Å². The van der Waals surface area contributed by atoms with Gasteiger partial charge >= 0.3 is 6.18 Å². The van der Waals surface area contributed by atoms with Gasteiger partial charge in [-0.15, -0.1) is 0 Å². The molecule has 0 spiro atoms. The number of hydrogen-bond acceptors (Lipinski definition) is 1. The highest BCUT2D eigenvalue weighted by Crippen LogP contribution is 2.34. The molecule has 1 N–H and O–H groups in total. The molecule has 17 heavy (non-hydrogen) atoms. The van der Waals surface area contributed by atoms with Gasteiger partial charge < -0.3 is 5.11 Å². The van der Waals surface area contributed by atoms with E-state index in [1.807, 2.05) is 6.92 Å². The topological polar surface area (TPSA) is 20.2 Å². The van der Waals surface area contributed by atoms with Crippen LogP contribution in [0.5, 0.6) is 0 Å². The molecule has 0 bridgehead atoms. The minimum Gasteiger partial charge on any atom is -0.395 e. The number of halogens is 3. The Bertz CT molecular complexity index is 371. The molecule has 0 aliphatic heterocycles. The quantitative estimate of drug-likeness (QED) is 0.859. The smallest absolute Gasteiger partial charge is 0.395 e. The van der Waals surface area contributed by atoms with Crippen LogP contribution >= 0.6 is 0 Å². The lowest BCUT2D eigenvalue weighted by Crippen LogP contribution is -2.11. The minimum atomic E-state index is -4.34. The summed E-state index contributed by atoms with van der Waals surface area (Å²) < 4.78 is 38.5. The summed E-state index contributed by atoms with van der Waals surface area (Å²) in [5.41, 5.74) is 0.166. The number of benzene rings is 1. The third kappa shape index (κ3) is 3.46. The third-order valence-corrected chi connectivity index (χ3v) is 2.66. The van der Waals surface area contributed by atoms with Crippen molar-refractivity contribution in [2.45, 2.75) is 32.9 Å². The Kier molecular flexibility index (Phi) is 4.57. The lowest BCUT2D eigenvalue weighted by Gasteiger charge is -2.16. The molecule has 0 atom stereocenters. The maximum atomic E-state index is 12.8. The molecule has 0 fully saturated rings. The van der Waals surface area contributed by atoms with E-state index in [1.165, 1.54) is 6.07 Å². The van der Waals surface area contributed by atoms with Crippen LogP contribution in [0, 0.1) is 5.92 Å². The van der Waals surface area contributed by atoms with Crippen LogP contribution in [0.2, 0.25) is 0 Å². The lowest BCUT2D eigenvalue weighted by atomic mass is 9.94. The van der Waals surface area contributed by atoms with Crippen molar-refractivity contribution in [3.63, 3.8) is 0 Å². The fourth-order valence-electron chi connectivity index (χ4n) is 1.68. The SMILES string of the molecule is CCCc1ccc([C](C)CO)cc1C(F)(F)F. The van der Waals surface area contributed by atoms with Crippen LogP contribution in [0.3, 0.4) is 0 Å². The molecule has 0 unspecified atom stereocenters. The molecule has 0 aliphatic rings. The Hall–Kier alpha value is -1.03. The molecule has 0 aliphatic carbocycles. The van der Waals surface area contributed by atoms with E-state index in [2.05, 4.69) is 0 Å². The zero-order valence-corrected chi connectivity index (χ0v) is 9.93. The Labute approximate surface area is 99.3 Å². The zero-order chi connectivity index (χ0) is 13.1. The summed E-state index contributed by atoms with van der Waals surface area (Å²) in [6.07, 6.45) is -3.26. The minimum absolute atomic E-state index is 0.232. The Morgan fingerprint density at radius 2 is 1.94 bits per heavy atom. The van der Waals surface area contributed by atoms with Crippen molar-refractivity contribution in [3.8, 4) is 0 Å². The first-order valence-corrected chi connectivity index (χ1v) is 5.54. The maximum Gasteiger partial charge on any atom is 0.416 e. The van der Waals surface area contributed by atoms with Gasteiger partial charge in [0.2, 0.25) is 0 Å². The highest BCUT2D eigenvalue weighted by molar-refractivity contribution is 5.40. The molecule has 0 aromatic heterocycles. The van der Waals surface area contributed by atoms with Crippen LogP contribution in [-0.4, -0.2) is 11.7 Å². The first-order chi connectivity index (χ1) is 7.90. The standard InChI is InChI=1S/C13H16F3O/c1-3-4-10-5-6-11(9(2)8-17)7-12(10)13(14,15)16/h5-7,17H,3-4,8H2,1-2H3. The molecule has 1 aromatic carbocycles. The maximum absolute atomic E-state index is 12.8. The van der Waals surface area contributed by atoms with Gasteiger partial charge in [-0.05, 0) is 23.6 Å². The van der Waals surface area contributed by atoms with Gasteiger partial charge in [0.15, 0.2) is 0 Å². The summed E-state index contributed by atoms with van der Waals surface area (Å²) in [4.78, 5) is 0. The second kappa shape index (κ2) is 5.54. The van der Waals surface area contributed by atoms with E-state index >= 15 is 0 Å². The predicted molar refractivity (Wildman–Crippen MR) is 60.5 cm³/mol. The van der Waals surface area contributed by atoms with Crippen LogP contribution in [0.25, 0.3) is 0 Å². The van der Waals surface area contributed by atoms with Gasteiger partial charge in [0.1, 0.15) is 0 Å². The first kappa shape index (κ1) is 14.0. The largest absolute Gasteiger partial charge is 0.416 e. The Balaban J connectivity index is 3.19. The van der Waals surface area contributed by atoms with E-state index in [9.17, 15) is 13.2 Å². The molecule has 1 aromatic rings. The van der Waals surface area contributed by atoms with Crippen LogP contribution < -0.4 is 0 Å². The van der Waals surface area contributed by atoms with E-state index in [0.29, 0.717) is 29.9 Å². The molecule has 1 rings (SSSR count). The van der Waals surface area contributed by atoms with Crippen molar-refractivity contribution in [1.82, 2.24) is 0 Å². The summed E-state index contributed by atoms with van der Waals surface area (Å²) in [5, 5.41) is 8.94. The van der Waals surface area contributed by atoms with E-state index < -0.39 is 11.7 Å². The van der Waals surface area contributed by atoms with Gasteiger partial charge in [0.05, 0.1) is 12.2 Å². The normalized spacial score (nSPS) is 12.2. The summed E-state index contributed by atoms with van der Waals surface area (Å²) in [5.74, 6) is 0.540. The van der Waals surface area contributed by atoms with Crippen LogP contribution in [0.15, 0.2) is 18.2 Å². The van der Waals surface area contributed by atoms with Crippen molar-refractivity contribution < 1.29 is 18.3 Å². The van der Waals surface area contributed by atoms with Gasteiger partial charge in [-0.2, -0.15) is 13.2 Å². The van der Waals surface area contributed by atoms with Crippen LogP contribution in [-0.2, 0) is 12.6 Å². The molecule has 0 saturated heterocycles. The van der Waals surface area contributed by atoms with Crippen molar-refractivity contribution in [1.29, 1.82) is 0 Å². The third-order valence-electron chi connectivity index (χ3n) is 2.66. The van der Waals surface area contributed by atoms with E-state index in [-0.39, 0.29) is 6.61 Å². The second-order valence-corrected chi connectivity index (χ2v) is 4.06. The summed E-state index contributed by atoms with van der Waals surface area (Å²) in [6.45, 7) is 3.23. The molecule has 0 heterocycles. The van der Waals surface area contributed by atoms with Gasteiger partial charge in [-0.3, -0.25) is 0 Å². The molecule has 0 saturated carbocycles. The summed E-state index contributed by atoms with van der Waals surface area (Å²) >= 11 is 0. The average Bonchev–Trinajstić information content (AvgIpc) is 2.27. The highest BCUT2D eigenvalue weighted by atomic mass is 19.4. The molecular weight excluding hydrogens is 229 g/mol. The van der Waals surface area contributed by atoms with Crippen LogP contribution in [0.1, 0.15) is 37.0 Å². The molecular formula is C13H16F3O. The fourth-order valence-corrected chi connectivity index (χ4v) is 1.68. The Morgan fingerprint density at radius 1 is 1.29 bits per heavy atom. The number of rotatable bonds is 4. The van der Waals surface area contributed by atoms with Crippen molar-refractivity contribution in [2.24, 2.45) is 0 Å². The molecule has 1 radical (unpaired) electrons. The zero-order valence-electron chi connectivity index (χ0n) is 9.93. The van der Waals surface area contributed by atoms with E-state index in [4.69, 9.17) is 5.11 Å². The van der Waals surface area contributed by atoms with Crippen molar-refractivity contribution in [3.05, 3.63) is 40.8 Å².